The van der Waals surface area contributed by atoms with Crippen molar-refractivity contribution < 1.29 is 8.81 Å². The quantitative estimate of drug-likeness (QED) is 0.793. The molecular formula is C15H15FN2OS. The normalized spacial score (nSPS) is 12.9. The minimum Gasteiger partial charge on any atom is -0.459 e. The van der Waals surface area contributed by atoms with Gasteiger partial charge in [-0.25, -0.2) is 9.37 Å². The summed E-state index contributed by atoms with van der Waals surface area (Å²) in [5.41, 5.74) is 1.74. The first-order chi connectivity index (χ1) is 9.65. The van der Waals surface area contributed by atoms with E-state index < -0.39 is 0 Å². The molecule has 2 heterocycles. The molecular weight excluding hydrogens is 275 g/mol. The van der Waals surface area contributed by atoms with Gasteiger partial charge in [0.05, 0.1) is 16.7 Å². The van der Waals surface area contributed by atoms with Crippen molar-refractivity contribution in [3.8, 4) is 0 Å². The second kappa shape index (κ2) is 5.34. The monoisotopic (exact) mass is 290 g/mol. The van der Waals surface area contributed by atoms with Crippen LogP contribution in [0, 0.1) is 12.7 Å². The summed E-state index contributed by atoms with van der Waals surface area (Å²) in [6, 6.07) is 6.48. The van der Waals surface area contributed by atoms with Crippen LogP contribution < -0.4 is 5.32 Å². The second-order valence-corrected chi connectivity index (χ2v) is 5.80. The fraction of sp³-hybridized carbons (Fsp3) is 0.267. The smallest absolute Gasteiger partial charge is 0.134 e. The van der Waals surface area contributed by atoms with Crippen LogP contribution in [0.25, 0.3) is 11.0 Å². The van der Waals surface area contributed by atoms with Crippen LogP contribution in [0.3, 0.4) is 0 Å². The molecule has 1 unspecified atom stereocenters. The highest BCUT2D eigenvalue weighted by atomic mass is 32.1. The number of benzene rings is 1. The maximum Gasteiger partial charge on any atom is 0.134 e. The van der Waals surface area contributed by atoms with E-state index in [1.165, 1.54) is 12.1 Å². The minimum atomic E-state index is -0.249. The molecule has 0 aliphatic heterocycles. The summed E-state index contributed by atoms with van der Waals surface area (Å²) < 4.78 is 19.0. The zero-order chi connectivity index (χ0) is 14.1. The third-order valence-electron chi connectivity index (χ3n) is 3.27. The number of nitrogens with one attached hydrogen (secondary N) is 1. The number of aryl methyl sites for hydroxylation is 1. The summed E-state index contributed by atoms with van der Waals surface area (Å²) in [4.78, 5) is 4.47. The average Bonchev–Trinajstić information content (AvgIpc) is 3.01. The summed E-state index contributed by atoms with van der Waals surface area (Å²) in [6.07, 6.45) is 0.753. The third-order valence-corrected chi connectivity index (χ3v) is 4.09. The van der Waals surface area contributed by atoms with Crippen LogP contribution in [0.1, 0.15) is 22.5 Å². The summed E-state index contributed by atoms with van der Waals surface area (Å²) in [6.45, 7) is 1.99. The van der Waals surface area contributed by atoms with Crippen molar-refractivity contribution >= 4 is 22.3 Å². The summed E-state index contributed by atoms with van der Waals surface area (Å²) in [5, 5.41) is 7.13. The Morgan fingerprint density at radius 2 is 2.25 bits per heavy atom. The maximum atomic E-state index is 13.2. The van der Waals surface area contributed by atoms with Crippen LogP contribution in [-0.4, -0.2) is 12.0 Å². The highest BCUT2D eigenvalue weighted by Crippen LogP contribution is 2.27. The van der Waals surface area contributed by atoms with E-state index >= 15 is 0 Å². The van der Waals surface area contributed by atoms with E-state index in [1.54, 1.807) is 17.4 Å². The Labute approximate surface area is 120 Å². The number of thiazole rings is 1. The number of hydrogen-bond acceptors (Lipinski definition) is 4. The van der Waals surface area contributed by atoms with Crippen molar-refractivity contribution in [3.05, 3.63) is 51.9 Å². The molecule has 0 fully saturated rings. The number of nitrogens with zero attached hydrogens (tertiary/aromatic N) is 1. The predicted molar refractivity (Wildman–Crippen MR) is 78.5 cm³/mol. The molecule has 0 bridgehead atoms. The van der Waals surface area contributed by atoms with E-state index in [0.717, 1.165) is 28.3 Å². The van der Waals surface area contributed by atoms with Gasteiger partial charge in [-0.05, 0) is 38.2 Å². The van der Waals surface area contributed by atoms with Crippen LogP contribution in [0.2, 0.25) is 0 Å². The van der Waals surface area contributed by atoms with Crippen molar-refractivity contribution in [1.82, 2.24) is 10.3 Å². The van der Waals surface area contributed by atoms with E-state index in [-0.39, 0.29) is 11.9 Å². The molecule has 0 aliphatic carbocycles. The van der Waals surface area contributed by atoms with E-state index in [0.29, 0.717) is 5.58 Å². The first kappa shape index (κ1) is 13.3. The van der Waals surface area contributed by atoms with Gasteiger partial charge in [0, 0.05) is 17.2 Å². The molecule has 1 aromatic carbocycles. The number of hydrogen-bond donors (Lipinski definition) is 1. The lowest BCUT2D eigenvalue weighted by Gasteiger charge is -2.11. The maximum absolute atomic E-state index is 13.2. The molecule has 20 heavy (non-hydrogen) atoms. The van der Waals surface area contributed by atoms with Crippen LogP contribution in [0.15, 0.2) is 34.1 Å². The number of likely N-dealkylation sites (N-methyl/N-ethyl adjacent to an activating group) is 1. The first-order valence-electron chi connectivity index (χ1n) is 6.43. The molecule has 3 aromatic rings. The van der Waals surface area contributed by atoms with Gasteiger partial charge in [0.1, 0.15) is 17.2 Å². The highest BCUT2D eigenvalue weighted by Gasteiger charge is 2.16. The average molecular weight is 290 g/mol. The molecule has 0 amide bonds. The lowest BCUT2D eigenvalue weighted by atomic mass is 10.1. The van der Waals surface area contributed by atoms with Gasteiger partial charge in [0.25, 0.3) is 0 Å². The molecule has 0 saturated carbocycles. The van der Waals surface area contributed by atoms with Crippen molar-refractivity contribution in [2.45, 2.75) is 19.4 Å². The van der Waals surface area contributed by atoms with E-state index in [1.807, 2.05) is 20.0 Å². The van der Waals surface area contributed by atoms with Gasteiger partial charge >= 0.3 is 0 Å². The second-order valence-electron chi connectivity index (χ2n) is 4.73. The highest BCUT2D eigenvalue weighted by molar-refractivity contribution is 7.09. The zero-order valence-corrected chi connectivity index (χ0v) is 12.1. The number of rotatable bonds is 4. The van der Waals surface area contributed by atoms with Gasteiger partial charge < -0.3 is 9.73 Å². The van der Waals surface area contributed by atoms with Gasteiger partial charge in [-0.1, -0.05) is 0 Å². The molecule has 0 aliphatic rings. The molecule has 3 nitrogen and oxygen atoms in total. The van der Waals surface area contributed by atoms with E-state index in [2.05, 4.69) is 15.7 Å². The molecule has 0 saturated heterocycles. The fourth-order valence-electron chi connectivity index (χ4n) is 2.26. The molecule has 5 heteroatoms. The molecule has 0 spiro atoms. The van der Waals surface area contributed by atoms with Crippen LogP contribution >= 0.6 is 11.3 Å². The SMILES string of the molecule is CNC(Cc1csc(C)n1)c1cc2cc(F)ccc2o1. The minimum absolute atomic E-state index is 0.0342. The Balaban J connectivity index is 1.90. The van der Waals surface area contributed by atoms with E-state index in [9.17, 15) is 4.39 Å². The number of halogens is 1. The van der Waals surface area contributed by atoms with Crippen molar-refractivity contribution in [3.63, 3.8) is 0 Å². The van der Waals surface area contributed by atoms with E-state index in [4.69, 9.17) is 4.42 Å². The molecule has 2 aromatic heterocycles. The third kappa shape index (κ3) is 2.59. The van der Waals surface area contributed by atoms with Gasteiger partial charge in [-0.3, -0.25) is 0 Å². The molecule has 3 rings (SSSR count). The summed E-state index contributed by atoms with van der Waals surface area (Å²) in [7, 11) is 1.89. The Hall–Kier alpha value is -1.72. The Kier molecular flexibility index (Phi) is 3.54. The molecule has 1 atom stereocenters. The molecule has 104 valence electrons. The predicted octanol–water partition coefficient (Wildman–Crippen LogP) is 3.84. The van der Waals surface area contributed by atoms with Crippen LogP contribution in [0.4, 0.5) is 4.39 Å². The number of fused-ring (bicyclic) bond motifs is 1. The Morgan fingerprint density at radius 3 is 2.95 bits per heavy atom. The van der Waals surface area contributed by atoms with Gasteiger partial charge in [0.2, 0.25) is 0 Å². The zero-order valence-electron chi connectivity index (χ0n) is 11.3. The Morgan fingerprint density at radius 1 is 1.40 bits per heavy atom. The fourth-order valence-corrected chi connectivity index (χ4v) is 2.89. The molecule has 1 N–H and O–H groups in total. The van der Waals surface area contributed by atoms with Crippen molar-refractivity contribution in [2.75, 3.05) is 7.05 Å². The summed E-state index contributed by atoms with van der Waals surface area (Å²) in [5.74, 6) is 0.555. The van der Waals surface area contributed by atoms with Gasteiger partial charge in [0.15, 0.2) is 0 Å². The Bertz CT molecular complexity index is 734. The van der Waals surface area contributed by atoms with Crippen molar-refractivity contribution in [1.29, 1.82) is 0 Å². The standard InChI is InChI=1S/C15H15FN2OS/c1-9-18-12(8-20-9)7-13(17-2)15-6-10-5-11(16)3-4-14(10)19-15/h3-6,8,13,17H,7H2,1-2H3. The number of aromatic nitrogens is 1. The number of furan rings is 1. The van der Waals surface area contributed by atoms with Gasteiger partial charge in [-0.15, -0.1) is 11.3 Å². The summed E-state index contributed by atoms with van der Waals surface area (Å²) >= 11 is 1.64. The van der Waals surface area contributed by atoms with Crippen molar-refractivity contribution in [2.24, 2.45) is 0 Å². The lowest BCUT2D eigenvalue weighted by Crippen LogP contribution is -2.18. The van der Waals surface area contributed by atoms with Gasteiger partial charge in [-0.2, -0.15) is 0 Å². The van der Waals surface area contributed by atoms with Crippen LogP contribution in [-0.2, 0) is 6.42 Å². The largest absolute Gasteiger partial charge is 0.459 e. The lowest BCUT2D eigenvalue weighted by molar-refractivity contribution is 0.448. The topological polar surface area (TPSA) is 38.1 Å². The van der Waals surface area contributed by atoms with Crippen LogP contribution in [0.5, 0.6) is 0 Å². The first-order valence-corrected chi connectivity index (χ1v) is 7.31. The molecule has 0 radical (unpaired) electrons.